The predicted molar refractivity (Wildman–Crippen MR) is 105 cm³/mol. The number of allylic oxidation sites excluding steroid dienone is 5. The third kappa shape index (κ3) is 4.08. The van der Waals surface area contributed by atoms with Gasteiger partial charge in [0.1, 0.15) is 11.6 Å². The average molecular weight is 383 g/mol. The standard InChI is InChI=1S/C22H11F2N5/c1-26-21(14-25)15-3-12-20(28-27-2)22(13-15)29(18-8-4-16(23)5-9-18)19-10-6-17(24)7-11-19/h3-13H/b21-15+,28-20+. The molecule has 7 heteroatoms. The SMILES string of the molecule is [C-]#[N+]/N=C1C=C/C(=C(/C#N)[N+]#[C-])C=C\1N(c1ccc(F)cc1)c1ccc(F)cc1. The van der Waals surface area contributed by atoms with Crippen LogP contribution in [-0.4, -0.2) is 5.71 Å². The first-order chi connectivity index (χ1) is 14.1. The van der Waals surface area contributed by atoms with Crippen LogP contribution in [0.5, 0.6) is 0 Å². The normalized spacial score (nSPS) is 15.7. The number of anilines is 2. The van der Waals surface area contributed by atoms with Crippen molar-refractivity contribution in [3.8, 4) is 6.07 Å². The van der Waals surface area contributed by atoms with Crippen molar-refractivity contribution in [3.63, 3.8) is 0 Å². The lowest BCUT2D eigenvalue weighted by atomic mass is 10.0. The molecule has 0 aromatic heterocycles. The molecule has 0 aliphatic heterocycles. The van der Waals surface area contributed by atoms with Gasteiger partial charge in [0.15, 0.2) is 5.71 Å². The molecule has 0 N–H and O–H groups in total. The second-order valence-electron chi connectivity index (χ2n) is 5.76. The Bertz CT molecular complexity index is 1120. The molecule has 0 fully saturated rings. The van der Waals surface area contributed by atoms with Crippen molar-refractivity contribution in [3.05, 3.63) is 118 Å². The average Bonchev–Trinajstić information content (AvgIpc) is 2.73. The molecule has 2 aromatic carbocycles. The maximum Gasteiger partial charge on any atom is 0.269 e. The van der Waals surface area contributed by atoms with Crippen molar-refractivity contribution in [1.29, 1.82) is 5.26 Å². The van der Waals surface area contributed by atoms with Crippen molar-refractivity contribution < 1.29 is 8.78 Å². The Morgan fingerprint density at radius 2 is 1.48 bits per heavy atom. The molecule has 0 unspecified atom stereocenters. The monoisotopic (exact) mass is 383 g/mol. The first kappa shape index (κ1) is 19.2. The lowest BCUT2D eigenvalue weighted by Gasteiger charge is -2.28. The number of hydrogen-bond donors (Lipinski definition) is 0. The molecule has 1 aliphatic rings. The minimum absolute atomic E-state index is 0.126. The number of rotatable bonds is 3. The van der Waals surface area contributed by atoms with Crippen LogP contribution in [0.1, 0.15) is 0 Å². The second kappa shape index (κ2) is 8.43. The fraction of sp³-hybridized carbons (Fsp3) is 0. The quantitative estimate of drug-likeness (QED) is 0.398. The van der Waals surface area contributed by atoms with Crippen molar-refractivity contribution in [1.82, 2.24) is 0 Å². The molecule has 0 spiro atoms. The zero-order valence-electron chi connectivity index (χ0n) is 14.8. The van der Waals surface area contributed by atoms with Crippen molar-refractivity contribution >= 4 is 17.1 Å². The molecule has 1 aliphatic carbocycles. The van der Waals surface area contributed by atoms with Gasteiger partial charge in [-0.1, -0.05) is 6.08 Å². The lowest BCUT2D eigenvalue weighted by molar-refractivity contribution is 0.628. The summed E-state index contributed by atoms with van der Waals surface area (Å²) in [5.41, 5.74) is 1.93. The number of halogens is 2. The molecule has 3 rings (SSSR count). The van der Waals surface area contributed by atoms with Gasteiger partial charge in [-0.15, -0.1) is 4.95 Å². The number of nitrogens with zero attached hydrogens (tertiary/aromatic N) is 5. The molecular formula is C22H11F2N5. The van der Waals surface area contributed by atoms with Crippen molar-refractivity contribution in [2.75, 3.05) is 4.90 Å². The van der Waals surface area contributed by atoms with E-state index in [1.807, 2.05) is 6.07 Å². The van der Waals surface area contributed by atoms with E-state index in [4.69, 9.17) is 13.1 Å². The van der Waals surface area contributed by atoms with Gasteiger partial charge in [0.2, 0.25) is 0 Å². The van der Waals surface area contributed by atoms with Crippen molar-refractivity contribution in [2.45, 2.75) is 0 Å². The zero-order chi connectivity index (χ0) is 20.8. The first-order valence-electron chi connectivity index (χ1n) is 8.25. The molecule has 0 saturated heterocycles. The maximum absolute atomic E-state index is 13.5. The van der Waals surface area contributed by atoms with E-state index in [0.29, 0.717) is 22.6 Å². The molecule has 138 valence electrons. The number of hydrogen-bond acceptors (Lipinski definition) is 3. The largest absolute Gasteiger partial charge is 0.308 e. The van der Waals surface area contributed by atoms with Crippen LogP contribution in [0.15, 0.2) is 88.8 Å². The molecule has 0 atom stereocenters. The summed E-state index contributed by atoms with van der Waals surface area (Å²) in [5, 5.41) is 13.0. The van der Waals surface area contributed by atoms with E-state index < -0.39 is 11.6 Å². The Morgan fingerprint density at radius 3 is 1.93 bits per heavy atom. The van der Waals surface area contributed by atoms with Gasteiger partial charge in [-0.05, 0) is 66.3 Å². The number of benzene rings is 2. The third-order valence-electron chi connectivity index (χ3n) is 4.03. The Balaban J connectivity index is 2.28. The summed E-state index contributed by atoms with van der Waals surface area (Å²) in [6.45, 7) is 14.3. The summed E-state index contributed by atoms with van der Waals surface area (Å²) in [5.74, 6) is -0.860. The van der Waals surface area contributed by atoms with Gasteiger partial charge >= 0.3 is 0 Å². The van der Waals surface area contributed by atoms with E-state index in [1.165, 1.54) is 60.7 Å². The summed E-state index contributed by atoms with van der Waals surface area (Å²) in [4.78, 5) is 7.94. The fourth-order valence-electron chi connectivity index (χ4n) is 2.75. The van der Waals surface area contributed by atoms with Crippen LogP contribution in [0.25, 0.3) is 9.80 Å². The summed E-state index contributed by atoms with van der Waals surface area (Å²) in [6.07, 6.45) is 4.59. The molecule has 2 aromatic rings. The van der Waals surface area contributed by atoms with Gasteiger partial charge in [-0.2, -0.15) is 6.57 Å². The molecule has 5 nitrogen and oxygen atoms in total. The molecule has 0 amide bonds. The minimum atomic E-state index is -0.430. The third-order valence-corrected chi connectivity index (χ3v) is 4.03. The Hall–Kier alpha value is -4.54. The summed E-state index contributed by atoms with van der Waals surface area (Å²) in [6, 6.07) is 13.0. The summed E-state index contributed by atoms with van der Waals surface area (Å²) in [7, 11) is 0. The van der Waals surface area contributed by atoms with Gasteiger partial charge in [0, 0.05) is 11.4 Å². The van der Waals surface area contributed by atoms with Crippen LogP contribution in [0.2, 0.25) is 0 Å². The highest BCUT2D eigenvalue weighted by atomic mass is 19.1. The van der Waals surface area contributed by atoms with Crippen LogP contribution < -0.4 is 4.90 Å². The Morgan fingerprint density at radius 1 is 0.931 bits per heavy atom. The van der Waals surface area contributed by atoms with Crippen LogP contribution >= 0.6 is 0 Å². The molecule has 29 heavy (non-hydrogen) atoms. The first-order valence-corrected chi connectivity index (χ1v) is 8.25. The van der Waals surface area contributed by atoms with Crippen molar-refractivity contribution in [2.24, 2.45) is 5.10 Å². The van der Waals surface area contributed by atoms with E-state index in [-0.39, 0.29) is 11.4 Å². The summed E-state index contributed by atoms with van der Waals surface area (Å²) < 4.78 is 26.9. The topological polar surface area (TPSA) is 48.1 Å². The van der Waals surface area contributed by atoms with E-state index >= 15 is 0 Å². The maximum atomic E-state index is 13.5. The van der Waals surface area contributed by atoms with Gasteiger partial charge in [-0.25, -0.2) is 18.9 Å². The second-order valence-corrected chi connectivity index (χ2v) is 5.76. The Kier molecular flexibility index (Phi) is 5.59. The molecule has 0 bridgehead atoms. The van der Waals surface area contributed by atoms with E-state index in [9.17, 15) is 14.0 Å². The highest BCUT2D eigenvalue weighted by molar-refractivity contribution is 6.14. The summed E-state index contributed by atoms with van der Waals surface area (Å²) >= 11 is 0. The van der Waals surface area contributed by atoms with E-state index in [1.54, 1.807) is 11.0 Å². The lowest BCUT2D eigenvalue weighted by Crippen LogP contribution is -2.23. The molecule has 0 saturated carbocycles. The Labute approximate surface area is 166 Å². The highest BCUT2D eigenvalue weighted by Crippen LogP contribution is 2.33. The van der Waals surface area contributed by atoms with Gasteiger partial charge in [0.25, 0.3) is 5.70 Å². The van der Waals surface area contributed by atoms with Gasteiger partial charge < -0.3 is 4.90 Å². The van der Waals surface area contributed by atoms with Gasteiger partial charge in [0.05, 0.1) is 23.4 Å². The van der Waals surface area contributed by atoms with E-state index in [0.717, 1.165) is 0 Å². The smallest absolute Gasteiger partial charge is 0.269 e. The fourth-order valence-corrected chi connectivity index (χ4v) is 2.75. The van der Waals surface area contributed by atoms with E-state index in [2.05, 4.69) is 14.9 Å². The number of nitriles is 1. The van der Waals surface area contributed by atoms with Crippen LogP contribution in [0, 0.1) is 36.1 Å². The van der Waals surface area contributed by atoms with Crippen LogP contribution in [-0.2, 0) is 0 Å². The molecular weight excluding hydrogens is 372 g/mol. The zero-order valence-corrected chi connectivity index (χ0v) is 14.8. The van der Waals surface area contributed by atoms with Crippen LogP contribution in [0.4, 0.5) is 20.2 Å². The van der Waals surface area contributed by atoms with Crippen LogP contribution in [0.3, 0.4) is 0 Å². The minimum Gasteiger partial charge on any atom is -0.308 e. The highest BCUT2D eigenvalue weighted by Gasteiger charge is 2.23. The predicted octanol–water partition coefficient (Wildman–Crippen LogP) is 5.53. The van der Waals surface area contributed by atoms with Gasteiger partial charge in [-0.3, -0.25) is 0 Å². The molecule has 0 radical (unpaired) electrons. The molecule has 0 heterocycles.